The molecule has 0 aromatic heterocycles. The van der Waals surface area contributed by atoms with Crippen molar-refractivity contribution in [2.24, 2.45) is 0 Å². The van der Waals surface area contributed by atoms with E-state index in [1.165, 1.54) is 0 Å². The molecule has 2 aliphatic heterocycles. The summed E-state index contributed by atoms with van der Waals surface area (Å²) in [6.07, 6.45) is 2.74. The van der Waals surface area contributed by atoms with Gasteiger partial charge in [0.15, 0.2) is 11.5 Å². The first kappa shape index (κ1) is 13.7. The largest absolute Gasteiger partial charge is 0.454 e. The Balaban J connectivity index is 1.80. The summed E-state index contributed by atoms with van der Waals surface area (Å²) in [6, 6.07) is 3.26. The molecular weight excluding hydrogens is 272 g/mol. The van der Waals surface area contributed by atoms with E-state index < -0.39 is 6.04 Å². The highest BCUT2D eigenvalue weighted by molar-refractivity contribution is 5.99. The predicted molar refractivity (Wildman–Crippen MR) is 76.4 cm³/mol. The lowest BCUT2D eigenvalue weighted by molar-refractivity contribution is -0.122. The lowest BCUT2D eigenvalue weighted by Gasteiger charge is -2.15. The van der Waals surface area contributed by atoms with Crippen LogP contribution in [0.25, 0.3) is 0 Å². The van der Waals surface area contributed by atoms with Crippen LogP contribution < -0.4 is 20.1 Å². The highest BCUT2D eigenvalue weighted by Crippen LogP contribution is 2.37. The van der Waals surface area contributed by atoms with Crippen molar-refractivity contribution in [3.8, 4) is 11.5 Å². The molecule has 1 aromatic rings. The van der Waals surface area contributed by atoms with Crippen molar-refractivity contribution in [1.82, 2.24) is 5.32 Å². The first-order valence-electron chi connectivity index (χ1n) is 7.20. The average molecular weight is 290 g/mol. The smallest absolute Gasteiger partial charge is 0.246 e. The summed E-state index contributed by atoms with van der Waals surface area (Å²) in [5.74, 6) is 1.10. The van der Waals surface area contributed by atoms with Crippen LogP contribution in [0, 0.1) is 0 Å². The van der Waals surface area contributed by atoms with E-state index in [4.69, 9.17) is 9.47 Å². The van der Waals surface area contributed by atoms with Crippen LogP contribution in [0.2, 0.25) is 0 Å². The highest BCUT2D eigenvalue weighted by Gasteiger charge is 2.28. The third-order valence-corrected chi connectivity index (χ3v) is 3.69. The second-order valence-electron chi connectivity index (χ2n) is 5.26. The Bertz CT molecular complexity index is 585. The maximum atomic E-state index is 12.2. The van der Waals surface area contributed by atoms with Gasteiger partial charge in [0, 0.05) is 18.2 Å². The van der Waals surface area contributed by atoms with Gasteiger partial charge in [-0.3, -0.25) is 9.59 Å². The van der Waals surface area contributed by atoms with Crippen LogP contribution in [0.15, 0.2) is 12.1 Å². The van der Waals surface area contributed by atoms with Crippen LogP contribution in [0.1, 0.15) is 31.7 Å². The number of fused-ring (bicyclic) bond motifs is 1. The number of hydrogen-bond donors (Lipinski definition) is 2. The minimum Gasteiger partial charge on any atom is -0.454 e. The third kappa shape index (κ3) is 2.79. The number of aryl methyl sites for hydroxylation is 1. The van der Waals surface area contributed by atoms with Gasteiger partial charge in [-0.25, -0.2) is 0 Å². The molecule has 1 saturated heterocycles. The van der Waals surface area contributed by atoms with Crippen LogP contribution >= 0.6 is 0 Å². The van der Waals surface area contributed by atoms with Crippen LogP contribution in [0.3, 0.4) is 0 Å². The summed E-state index contributed by atoms with van der Waals surface area (Å²) in [4.78, 5) is 23.4. The molecule has 0 saturated carbocycles. The normalized spacial score (nSPS) is 19.5. The van der Waals surface area contributed by atoms with Gasteiger partial charge in [-0.05, 0) is 24.5 Å². The molecule has 2 heterocycles. The molecule has 3 rings (SSSR count). The topological polar surface area (TPSA) is 76.7 Å². The van der Waals surface area contributed by atoms with Gasteiger partial charge in [0.1, 0.15) is 6.04 Å². The molecule has 6 heteroatoms. The molecule has 2 amide bonds. The van der Waals surface area contributed by atoms with E-state index in [2.05, 4.69) is 17.6 Å². The zero-order chi connectivity index (χ0) is 14.8. The van der Waals surface area contributed by atoms with Crippen molar-refractivity contribution in [3.05, 3.63) is 17.7 Å². The molecule has 1 atom stereocenters. The second kappa shape index (κ2) is 5.63. The van der Waals surface area contributed by atoms with E-state index in [-0.39, 0.29) is 18.6 Å². The maximum absolute atomic E-state index is 12.2. The molecule has 0 spiro atoms. The van der Waals surface area contributed by atoms with E-state index >= 15 is 0 Å². The van der Waals surface area contributed by atoms with E-state index in [9.17, 15) is 9.59 Å². The maximum Gasteiger partial charge on any atom is 0.246 e. The fourth-order valence-corrected chi connectivity index (χ4v) is 2.61. The number of rotatable bonds is 4. The van der Waals surface area contributed by atoms with Gasteiger partial charge in [0.2, 0.25) is 18.6 Å². The number of anilines is 1. The number of hydrogen-bond acceptors (Lipinski definition) is 4. The molecular formula is C15H18N2O4. The molecule has 1 fully saturated rings. The zero-order valence-electron chi connectivity index (χ0n) is 11.9. The molecule has 6 nitrogen and oxygen atoms in total. The molecule has 2 N–H and O–H groups in total. The fraction of sp³-hybridized carbons (Fsp3) is 0.467. The molecule has 0 bridgehead atoms. The van der Waals surface area contributed by atoms with Gasteiger partial charge in [-0.15, -0.1) is 0 Å². The molecule has 21 heavy (non-hydrogen) atoms. The molecule has 0 unspecified atom stereocenters. The van der Waals surface area contributed by atoms with E-state index in [1.807, 2.05) is 6.07 Å². The second-order valence-corrected chi connectivity index (χ2v) is 5.26. The summed E-state index contributed by atoms with van der Waals surface area (Å²) in [6.45, 7) is 2.28. The number of amides is 2. The number of ether oxygens (including phenoxy) is 2. The average Bonchev–Trinajstić information content (AvgIpc) is 3.07. The quantitative estimate of drug-likeness (QED) is 0.882. The Labute approximate surface area is 122 Å². The SMILES string of the molecule is CCCc1cc2c(cc1NC(=O)[C@H]1CCC(=O)N1)OCO2. The van der Waals surface area contributed by atoms with Gasteiger partial charge in [-0.2, -0.15) is 0 Å². The van der Waals surface area contributed by atoms with Crippen LogP contribution in [-0.4, -0.2) is 24.6 Å². The van der Waals surface area contributed by atoms with Crippen molar-refractivity contribution in [3.63, 3.8) is 0 Å². The Hall–Kier alpha value is -2.24. The van der Waals surface area contributed by atoms with Crippen LogP contribution in [0.4, 0.5) is 5.69 Å². The molecule has 0 radical (unpaired) electrons. The summed E-state index contributed by atoms with van der Waals surface area (Å²) in [5, 5.41) is 5.57. The van der Waals surface area contributed by atoms with Gasteiger partial charge in [0.25, 0.3) is 0 Å². The number of benzene rings is 1. The van der Waals surface area contributed by atoms with Crippen molar-refractivity contribution in [2.45, 2.75) is 38.6 Å². The first-order valence-corrected chi connectivity index (χ1v) is 7.20. The molecule has 2 aliphatic rings. The summed E-state index contributed by atoms with van der Waals surface area (Å²) >= 11 is 0. The van der Waals surface area contributed by atoms with Crippen molar-refractivity contribution < 1.29 is 19.1 Å². The van der Waals surface area contributed by atoms with E-state index in [0.717, 1.165) is 24.1 Å². The van der Waals surface area contributed by atoms with Gasteiger partial charge in [0.05, 0.1) is 0 Å². The summed E-state index contributed by atoms with van der Waals surface area (Å²) in [7, 11) is 0. The Morgan fingerprint density at radius 2 is 2.14 bits per heavy atom. The Morgan fingerprint density at radius 3 is 2.81 bits per heavy atom. The fourth-order valence-electron chi connectivity index (χ4n) is 2.61. The number of carbonyl (C=O) groups excluding carboxylic acids is 2. The minimum atomic E-state index is -0.447. The van der Waals surface area contributed by atoms with Crippen LogP contribution in [0.5, 0.6) is 11.5 Å². The van der Waals surface area contributed by atoms with Crippen molar-refractivity contribution in [1.29, 1.82) is 0 Å². The predicted octanol–water partition coefficient (Wildman–Crippen LogP) is 1.58. The number of nitrogens with one attached hydrogen (secondary N) is 2. The van der Waals surface area contributed by atoms with E-state index in [1.54, 1.807) is 6.07 Å². The Morgan fingerprint density at radius 1 is 1.38 bits per heavy atom. The lowest BCUT2D eigenvalue weighted by Crippen LogP contribution is -2.37. The lowest BCUT2D eigenvalue weighted by atomic mass is 10.1. The molecule has 112 valence electrons. The summed E-state index contributed by atoms with van der Waals surface area (Å²) in [5.41, 5.74) is 1.74. The van der Waals surface area contributed by atoms with E-state index in [0.29, 0.717) is 24.3 Å². The standard InChI is InChI=1S/C15H18N2O4/c1-2-3-9-6-12-13(21-8-20-12)7-11(9)17-15(19)10-4-5-14(18)16-10/h6-7,10H,2-5,8H2,1H3,(H,16,18)(H,17,19)/t10-/m1/s1. The van der Waals surface area contributed by atoms with Gasteiger partial charge in [-0.1, -0.05) is 13.3 Å². The third-order valence-electron chi connectivity index (χ3n) is 3.69. The van der Waals surface area contributed by atoms with Gasteiger partial charge < -0.3 is 20.1 Å². The van der Waals surface area contributed by atoms with Gasteiger partial charge >= 0.3 is 0 Å². The molecule has 1 aromatic carbocycles. The number of carbonyl (C=O) groups is 2. The van der Waals surface area contributed by atoms with Crippen molar-refractivity contribution >= 4 is 17.5 Å². The highest BCUT2D eigenvalue weighted by atomic mass is 16.7. The zero-order valence-corrected chi connectivity index (χ0v) is 11.9. The van der Waals surface area contributed by atoms with Crippen molar-refractivity contribution in [2.75, 3.05) is 12.1 Å². The summed E-state index contributed by atoms with van der Waals surface area (Å²) < 4.78 is 10.7. The Kier molecular flexibility index (Phi) is 3.68. The monoisotopic (exact) mass is 290 g/mol. The van der Waals surface area contributed by atoms with Crippen LogP contribution in [-0.2, 0) is 16.0 Å². The minimum absolute atomic E-state index is 0.0744. The molecule has 0 aliphatic carbocycles. The first-order chi connectivity index (χ1) is 10.2.